The molecule has 6 rings (SSSR count). The Kier molecular flexibility index (Phi) is 7.58. The van der Waals surface area contributed by atoms with Crippen LogP contribution in [-0.4, -0.2) is 71.2 Å². The highest BCUT2D eigenvalue weighted by Crippen LogP contribution is 2.27. The van der Waals surface area contributed by atoms with Gasteiger partial charge in [0.25, 0.3) is 0 Å². The van der Waals surface area contributed by atoms with Crippen molar-refractivity contribution in [3.63, 3.8) is 0 Å². The van der Waals surface area contributed by atoms with Crippen molar-refractivity contribution in [3.05, 3.63) is 89.6 Å². The molecule has 0 radical (unpaired) electrons. The first-order valence-electron chi connectivity index (χ1n) is 13.5. The number of amides is 2. The molecule has 1 fully saturated rings. The smallest absolute Gasteiger partial charge is 0.321 e. The monoisotopic (exact) mass is 539 g/mol. The summed E-state index contributed by atoms with van der Waals surface area (Å²) in [6.45, 7) is 7.49. The maximum atomic E-state index is 13.3. The van der Waals surface area contributed by atoms with E-state index in [9.17, 15) is 4.79 Å². The van der Waals surface area contributed by atoms with E-state index in [0.29, 0.717) is 13.1 Å². The van der Waals surface area contributed by atoms with Crippen LogP contribution in [0.15, 0.2) is 78.3 Å². The highest BCUT2D eigenvalue weighted by molar-refractivity contribution is 7.15. The first kappa shape index (κ1) is 25.6. The molecule has 1 aliphatic rings. The number of aryl methyl sites for hydroxylation is 1. The molecular weight excluding hydrogens is 506 g/mol. The molecule has 0 unspecified atom stereocenters. The second-order valence-electron chi connectivity index (χ2n) is 10.1. The van der Waals surface area contributed by atoms with E-state index in [2.05, 4.69) is 68.7 Å². The lowest BCUT2D eigenvalue weighted by Crippen LogP contribution is -2.45. The molecule has 200 valence electrons. The number of ether oxygens (including phenoxy) is 1. The Morgan fingerprint density at radius 3 is 2.64 bits per heavy atom. The number of aromatic nitrogens is 2. The Hall–Kier alpha value is -3.72. The Balaban J connectivity index is 1.18. The molecule has 1 aliphatic heterocycles. The minimum absolute atomic E-state index is 0.0685. The maximum absolute atomic E-state index is 13.3. The predicted molar refractivity (Wildman–Crippen MR) is 159 cm³/mol. The lowest BCUT2D eigenvalue weighted by Gasteiger charge is -2.30. The van der Waals surface area contributed by atoms with Gasteiger partial charge in [-0.1, -0.05) is 54.1 Å². The first-order valence-corrected chi connectivity index (χ1v) is 14.4. The number of anilines is 1. The number of carbonyl (C=O) groups is 1. The number of nitrogens with one attached hydrogen (secondary N) is 1. The van der Waals surface area contributed by atoms with Crippen molar-refractivity contribution in [1.82, 2.24) is 19.2 Å². The third kappa shape index (κ3) is 5.98. The Labute approximate surface area is 232 Å². The van der Waals surface area contributed by atoms with Crippen LogP contribution in [0, 0.1) is 6.92 Å². The Morgan fingerprint density at radius 2 is 1.82 bits per heavy atom. The molecule has 0 atom stereocenters. The Bertz CT molecular complexity index is 1570. The summed E-state index contributed by atoms with van der Waals surface area (Å²) in [6.07, 6.45) is 2.87. The number of thiazole rings is 1. The zero-order valence-electron chi connectivity index (χ0n) is 22.2. The van der Waals surface area contributed by atoms with Gasteiger partial charge in [-0.3, -0.25) is 9.30 Å². The van der Waals surface area contributed by atoms with Crippen LogP contribution in [0.3, 0.4) is 0 Å². The van der Waals surface area contributed by atoms with Crippen molar-refractivity contribution in [2.24, 2.45) is 0 Å². The summed E-state index contributed by atoms with van der Waals surface area (Å²) >= 11 is 1.64. The highest BCUT2D eigenvalue weighted by atomic mass is 32.1. The fourth-order valence-corrected chi connectivity index (χ4v) is 5.89. The summed E-state index contributed by atoms with van der Waals surface area (Å²) < 4.78 is 7.67. The lowest BCUT2D eigenvalue weighted by atomic mass is 10.1. The van der Waals surface area contributed by atoms with Crippen LogP contribution in [0.5, 0.6) is 0 Å². The topological polar surface area (TPSA) is 62.1 Å². The van der Waals surface area contributed by atoms with Gasteiger partial charge in [0, 0.05) is 67.7 Å². The number of nitrogens with zero attached hydrogens (tertiary/aromatic N) is 4. The molecule has 3 aromatic carbocycles. The second kappa shape index (κ2) is 11.6. The number of carbonyl (C=O) groups excluding carboxylic acids is 1. The van der Waals surface area contributed by atoms with Crippen LogP contribution < -0.4 is 5.32 Å². The van der Waals surface area contributed by atoms with E-state index in [4.69, 9.17) is 9.72 Å². The van der Waals surface area contributed by atoms with Gasteiger partial charge in [0.1, 0.15) is 0 Å². The lowest BCUT2D eigenvalue weighted by molar-refractivity contribution is 0.0352. The summed E-state index contributed by atoms with van der Waals surface area (Å²) in [6, 6.07) is 22.7. The van der Waals surface area contributed by atoms with Crippen molar-refractivity contribution in [2.45, 2.75) is 13.3 Å². The van der Waals surface area contributed by atoms with Gasteiger partial charge in [-0.25, -0.2) is 9.78 Å². The van der Waals surface area contributed by atoms with Crippen LogP contribution in [-0.2, 0) is 11.2 Å². The van der Waals surface area contributed by atoms with E-state index in [0.717, 1.165) is 66.9 Å². The molecule has 8 heteroatoms. The molecule has 1 N–H and O–H groups in total. The van der Waals surface area contributed by atoms with Crippen molar-refractivity contribution in [2.75, 3.05) is 51.3 Å². The molecule has 0 saturated carbocycles. The molecule has 0 spiro atoms. The number of rotatable bonds is 8. The average Bonchev–Trinajstić information content (AvgIpc) is 3.56. The van der Waals surface area contributed by atoms with Crippen molar-refractivity contribution >= 4 is 38.8 Å². The fraction of sp³-hybridized carbons (Fsp3) is 0.290. The van der Waals surface area contributed by atoms with Crippen LogP contribution in [0.4, 0.5) is 10.5 Å². The van der Waals surface area contributed by atoms with Crippen molar-refractivity contribution in [3.8, 4) is 11.3 Å². The largest absolute Gasteiger partial charge is 0.379 e. The fourth-order valence-electron chi connectivity index (χ4n) is 4.99. The number of fused-ring (bicyclic) bond motifs is 2. The Morgan fingerprint density at radius 1 is 1.03 bits per heavy atom. The first-order chi connectivity index (χ1) is 19.1. The number of hydrogen-bond acceptors (Lipinski definition) is 5. The maximum Gasteiger partial charge on any atom is 0.321 e. The van der Waals surface area contributed by atoms with Gasteiger partial charge in [-0.15, -0.1) is 11.3 Å². The number of urea groups is 1. The minimum Gasteiger partial charge on any atom is -0.379 e. The van der Waals surface area contributed by atoms with E-state index < -0.39 is 0 Å². The zero-order valence-corrected chi connectivity index (χ0v) is 23.0. The third-order valence-electron chi connectivity index (χ3n) is 7.35. The number of benzene rings is 3. The normalized spacial score (nSPS) is 14.2. The van der Waals surface area contributed by atoms with Gasteiger partial charge in [-0.2, -0.15) is 0 Å². The van der Waals surface area contributed by atoms with Gasteiger partial charge >= 0.3 is 6.03 Å². The quantitative estimate of drug-likeness (QED) is 0.265. The van der Waals surface area contributed by atoms with Gasteiger partial charge in [0.15, 0.2) is 4.96 Å². The van der Waals surface area contributed by atoms with E-state index in [-0.39, 0.29) is 6.03 Å². The third-order valence-corrected chi connectivity index (χ3v) is 8.24. The molecule has 3 heterocycles. The molecule has 39 heavy (non-hydrogen) atoms. The number of morpholine rings is 1. The molecule has 2 aromatic heterocycles. The summed E-state index contributed by atoms with van der Waals surface area (Å²) in [5, 5.41) is 7.69. The van der Waals surface area contributed by atoms with Gasteiger partial charge in [0.2, 0.25) is 0 Å². The molecular formula is C31H33N5O2S. The number of imidazole rings is 1. The second-order valence-corrected chi connectivity index (χ2v) is 10.9. The summed E-state index contributed by atoms with van der Waals surface area (Å²) in [5.41, 5.74) is 5.22. The minimum atomic E-state index is -0.0685. The van der Waals surface area contributed by atoms with Gasteiger partial charge < -0.3 is 15.0 Å². The van der Waals surface area contributed by atoms with Crippen molar-refractivity contribution < 1.29 is 9.53 Å². The standard InChI is InChI=1S/C31H33N5O2S/c1-23-6-10-27(11-7-23)32-30(37)35(15-14-34-16-18-38-19-17-34)13-12-28-22-39-31-33-29(21-36(28)31)26-9-8-24-4-2-3-5-25(24)20-26/h2-11,20-22H,12-19H2,1H3,(H,32,37). The van der Waals surface area contributed by atoms with Gasteiger partial charge in [-0.05, 0) is 35.9 Å². The molecule has 1 saturated heterocycles. The molecule has 2 amide bonds. The molecule has 5 aromatic rings. The summed E-state index contributed by atoms with van der Waals surface area (Å²) in [7, 11) is 0. The van der Waals surface area contributed by atoms with Gasteiger partial charge in [0.05, 0.1) is 18.9 Å². The molecule has 0 aliphatic carbocycles. The summed E-state index contributed by atoms with van der Waals surface area (Å²) in [5.74, 6) is 0. The predicted octanol–water partition coefficient (Wildman–Crippen LogP) is 5.93. The van der Waals surface area contributed by atoms with E-state index in [1.807, 2.05) is 36.1 Å². The van der Waals surface area contributed by atoms with Crippen LogP contribution >= 0.6 is 11.3 Å². The van der Waals surface area contributed by atoms with Crippen LogP contribution in [0.1, 0.15) is 11.3 Å². The van der Waals surface area contributed by atoms with Crippen LogP contribution in [0.2, 0.25) is 0 Å². The molecule has 7 nitrogen and oxygen atoms in total. The average molecular weight is 540 g/mol. The van der Waals surface area contributed by atoms with E-state index in [1.165, 1.54) is 16.3 Å². The molecule has 0 bridgehead atoms. The SMILES string of the molecule is Cc1ccc(NC(=O)N(CCc2csc3nc(-c4ccc5ccccc5c4)cn23)CCN2CCOCC2)cc1. The van der Waals surface area contributed by atoms with E-state index in [1.54, 1.807) is 11.3 Å². The zero-order chi connectivity index (χ0) is 26.6. The van der Waals surface area contributed by atoms with Crippen molar-refractivity contribution in [1.29, 1.82) is 0 Å². The van der Waals surface area contributed by atoms with E-state index >= 15 is 0 Å². The highest BCUT2D eigenvalue weighted by Gasteiger charge is 2.18. The number of hydrogen-bond donors (Lipinski definition) is 1. The van der Waals surface area contributed by atoms with Crippen LogP contribution in [0.25, 0.3) is 27.0 Å². The summed E-state index contributed by atoms with van der Waals surface area (Å²) in [4.78, 5) is 23.5.